The number of likely N-dealkylation sites (tertiary alicyclic amines) is 1. The van der Waals surface area contributed by atoms with E-state index < -0.39 is 5.92 Å². The minimum atomic E-state index is -2.63. The summed E-state index contributed by atoms with van der Waals surface area (Å²) in [6.07, 6.45) is 2.75. The predicted octanol–water partition coefficient (Wildman–Crippen LogP) is 3.17. The summed E-state index contributed by atoms with van der Waals surface area (Å²) < 4.78 is 31.5. The second-order valence-electron chi connectivity index (χ2n) is 7.18. The topological polar surface area (TPSA) is 97.0 Å². The zero-order valence-electron chi connectivity index (χ0n) is 16.3. The fourth-order valence-corrected chi connectivity index (χ4v) is 3.22. The Morgan fingerprint density at radius 1 is 1.17 bits per heavy atom. The summed E-state index contributed by atoms with van der Waals surface area (Å²) in [5, 5.41) is 6.69. The molecule has 3 aromatic rings. The normalized spacial score (nSPS) is 16.4. The molecule has 0 radical (unpaired) electrons. The first kappa shape index (κ1) is 20.0. The number of halogens is 2. The quantitative estimate of drug-likeness (QED) is 0.685. The number of carbonyl (C=O) groups is 1. The van der Waals surface area contributed by atoms with Crippen molar-refractivity contribution in [1.29, 1.82) is 0 Å². The molecule has 0 unspecified atom stereocenters. The zero-order valence-corrected chi connectivity index (χ0v) is 16.3. The molecule has 0 saturated carbocycles. The molecule has 1 saturated heterocycles. The number of hydrogen-bond donors (Lipinski definition) is 1. The number of nitrogens with one attached hydrogen (secondary N) is 1. The number of alkyl halides is 2. The molecule has 10 heteroatoms. The van der Waals surface area contributed by atoms with Crippen LogP contribution in [0.1, 0.15) is 18.7 Å². The van der Waals surface area contributed by atoms with E-state index in [1.807, 2.05) is 0 Å². The molecule has 4 rings (SSSR count). The molecule has 0 aliphatic carbocycles. The van der Waals surface area contributed by atoms with Gasteiger partial charge in [0.15, 0.2) is 0 Å². The van der Waals surface area contributed by atoms with Crippen molar-refractivity contribution in [3.63, 3.8) is 0 Å². The lowest BCUT2D eigenvalue weighted by atomic mass is 10.1. The van der Waals surface area contributed by atoms with Gasteiger partial charge in [-0.1, -0.05) is 5.16 Å². The lowest BCUT2D eigenvalue weighted by Crippen LogP contribution is -2.42. The lowest BCUT2D eigenvalue weighted by molar-refractivity contribution is -0.119. The van der Waals surface area contributed by atoms with Gasteiger partial charge in [0, 0.05) is 56.5 Å². The summed E-state index contributed by atoms with van der Waals surface area (Å²) in [6, 6.07) is 6.92. The first-order valence-electron chi connectivity index (χ1n) is 9.51. The Balaban J connectivity index is 1.44. The minimum absolute atomic E-state index is 0.0681. The number of aryl methyl sites for hydroxylation is 1. The Bertz CT molecular complexity index is 1050. The summed E-state index contributed by atoms with van der Waals surface area (Å²) in [6.45, 7) is 2.18. The number of rotatable bonds is 5. The highest BCUT2D eigenvalue weighted by molar-refractivity contribution is 5.92. The van der Waals surface area contributed by atoms with Gasteiger partial charge >= 0.3 is 0 Å². The molecular weight excluding hydrogens is 394 g/mol. The van der Waals surface area contributed by atoms with E-state index in [1.54, 1.807) is 48.5 Å². The number of carbonyl (C=O) groups excluding carboxylic acids is 1. The molecule has 0 atom stereocenters. The van der Waals surface area contributed by atoms with Crippen molar-refractivity contribution in [3.05, 3.63) is 42.5 Å². The van der Waals surface area contributed by atoms with E-state index >= 15 is 0 Å². The number of pyridine rings is 2. The molecule has 4 heterocycles. The van der Waals surface area contributed by atoms with Crippen LogP contribution in [0.3, 0.4) is 0 Å². The summed E-state index contributed by atoms with van der Waals surface area (Å²) in [7, 11) is 0. The van der Waals surface area contributed by atoms with Crippen LogP contribution in [-0.2, 0) is 4.79 Å². The van der Waals surface area contributed by atoms with E-state index in [1.165, 1.54) is 0 Å². The van der Waals surface area contributed by atoms with Crippen molar-refractivity contribution < 1.29 is 18.1 Å². The number of piperidine rings is 1. The molecule has 0 bridgehead atoms. The number of hydrogen-bond acceptors (Lipinski definition) is 7. The Kier molecular flexibility index (Phi) is 5.49. The van der Waals surface area contributed by atoms with E-state index in [0.717, 1.165) is 5.56 Å². The van der Waals surface area contributed by atoms with Crippen molar-refractivity contribution in [2.75, 3.05) is 25.0 Å². The molecule has 1 N–H and O–H groups in total. The molecule has 156 valence electrons. The van der Waals surface area contributed by atoms with Gasteiger partial charge in [-0.25, -0.2) is 8.78 Å². The first-order chi connectivity index (χ1) is 14.4. The van der Waals surface area contributed by atoms with E-state index in [-0.39, 0.29) is 38.4 Å². The Morgan fingerprint density at radius 3 is 2.57 bits per heavy atom. The number of anilines is 1. The minimum Gasteiger partial charge on any atom is -0.339 e. The number of aromatic nitrogens is 4. The highest BCUT2D eigenvalue weighted by Crippen LogP contribution is 2.27. The molecule has 0 aromatic carbocycles. The third-order valence-electron chi connectivity index (χ3n) is 4.81. The predicted molar refractivity (Wildman–Crippen MR) is 105 cm³/mol. The summed E-state index contributed by atoms with van der Waals surface area (Å²) in [4.78, 5) is 26.9. The van der Waals surface area contributed by atoms with E-state index in [9.17, 15) is 13.6 Å². The largest absolute Gasteiger partial charge is 0.339 e. The zero-order chi connectivity index (χ0) is 21.1. The molecule has 30 heavy (non-hydrogen) atoms. The van der Waals surface area contributed by atoms with Gasteiger partial charge in [0.25, 0.3) is 5.92 Å². The van der Waals surface area contributed by atoms with Crippen molar-refractivity contribution in [3.8, 4) is 22.8 Å². The summed E-state index contributed by atoms with van der Waals surface area (Å²) in [5.41, 5.74) is 2.43. The fraction of sp³-hybridized carbons (Fsp3) is 0.350. The molecular formula is C20H20F2N6O2. The van der Waals surface area contributed by atoms with E-state index in [4.69, 9.17) is 4.52 Å². The van der Waals surface area contributed by atoms with Crippen LogP contribution in [-0.4, -0.2) is 56.5 Å². The lowest BCUT2D eigenvalue weighted by Gasteiger charge is -2.31. The van der Waals surface area contributed by atoms with Gasteiger partial charge in [-0.2, -0.15) is 4.98 Å². The van der Waals surface area contributed by atoms with Crippen molar-refractivity contribution in [2.24, 2.45) is 0 Å². The fourth-order valence-electron chi connectivity index (χ4n) is 3.22. The molecule has 0 spiro atoms. The average molecular weight is 414 g/mol. The van der Waals surface area contributed by atoms with Crippen LogP contribution < -0.4 is 5.32 Å². The Labute approximate surface area is 171 Å². The van der Waals surface area contributed by atoms with Gasteiger partial charge < -0.3 is 9.84 Å². The molecule has 8 nitrogen and oxygen atoms in total. The van der Waals surface area contributed by atoms with Crippen LogP contribution in [0.2, 0.25) is 0 Å². The van der Waals surface area contributed by atoms with Crippen molar-refractivity contribution in [2.45, 2.75) is 25.7 Å². The third-order valence-corrected chi connectivity index (χ3v) is 4.81. The Morgan fingerprint density at radius 2 is 1.87 bits per heavy atom. The van der Waals surface area contributed by atoms with Crippen LogP contribution in [0, 0.1) is 6.92 Å². The van der Waals surface area contributed by atoms with Gasteiger partial charge in [0.05, 0.1) is 17.9 Å². The standard InChI is InChI=1S/C20H20F2N6O2/c1-13-25-19(27-30-13)14-2-6-23-16(10-14)17-11-15(3-7-24-17)26-18(29)12-28-8-4-20(21,22)5-9-28/h2-3,6-7,10-11H,4-5,8-9,12H2,1H3,(H,24,26,29). The second kappa shape index (κ2) is 8.23. The van der Waals surface area contributed by atoms with Crippen LogP contribution >= 0.6 is 0 Å². The van der Waals surface area contributed by atoms with Gasteiger partial charge in [-0.3, -0.25) is 19.7 Å². The van der Waals surface area contributed by atoms with Crippen LogP contribution in [0.4, 0.5) is 14.5 Å². The Hall–Kier alpha value is -3.27. The smallest absolute Gasteiger partial charge is 0.250 e. The number of nitrogens with zero attached hydrogens (tertiary/aromatic N) is 5. The molecule has 1 aliphatic rings. The van der Waals surface area contributed by atoms with Gasteiger partial charge in [0.2, 0.25) is 17.6 Å². The van der Waals surface area contributed by atoms with Gasteiger partial charge in [-0.15, -0.1) is 0 Å². The maximum Gasteiger partial charge on any atom is 0.250 e. The monoisotopic (exact) mass is 414 g/mol. The van der Waals surface area contributed by atoms with E-state index in [0.29, 0.717) is 28.8 Å². The van der Waals surface area contributed by atoms with Crippen molar-refractivity contribution in [1.82, 2.24) is 25.0 Å². The molecule has 1 amide bonds. The molecule has 3 aromatic heterocycles. The van der Waals surface area contributed by atoms with Crippen LogP contribution in [0.15, 0.2) is 41.2 Å². The SMILES string of the molecule is Cc1nc(-c2ccnc(-c3cc(NC(=O)CN4CCC(F)(F)CC4)ccn3)c2)no1. The van der Waals surface area contributed by atoms with Crippen LogP contribution in [0.25, 0.3) is 22.8 Å². The second-order valence-corrected chi connectivity index (χ2v) is 7.18. The molecule has 1 aliphatic heterocycles. The third kappa shape index (κ3) is 4.82. The van der Waals surface area contributed by atoms with E-state index in [2.05, 4.69) is 25.4 Å². The highest BCUT2D eigenvalue weighted by Gasteiger charge is 2.34. The van der Waals surface area contributed by atoms with Gasteiger partial charge in [0.1, 0.15) is 0 Å². The van der Waals surface area contributed by atoms with Gasteiger partial charge in [-0.05, 0) is 24.3 Å². The highest BCUT2D eigenvalue weighted by atomic mass is 19.3. The summed E-state index contributed by atoms with van der Waals surface area (Å²) in [5.74, 6) is -1.98. The number of amides is 1. The first-order valence-corrected chi connectivity index (χ1v) is 9.51. The maximum atomic E-state index is 13.3. The van der Waals surface area contributed by atoms with Crippen molar-refractivity contribution >= 4 is 11.6 Å². The van der Waals surface area contributed by atoms with Crippen LogP contribution in [0.5, 0.6) is 0 Å². The maximum absolute atomic E-state index is 13.3. The summed E-state index contributed by atoms with van der Waals surface area (Å²) >= 11 is 0. The molecule has 1 fully saturated rings. The average Bonchev–Trinajstić information content (AvgIpc) is 3.16.